The molecule has 0 aliphatic carbocycles. The quantitative estimate of drug-likeness (QED) is 0.815. The number of nitrogens with one attached hydrogen (secondary N) is 1. The Morgan fingerprint density at radius 2 is 1.95 bits per heavy atom. The third-order valence-electron chi connectivity index (χ3n) is 3.20. The average Bonchev–Trinajstić information content (AvgIpc) is 2.45. The summed E-state index contributed by atoms with van der Waals surface area (Å²) < 4.78 is 5.66. The van der Waals surface area contributed by atoms with Crippen LogP contribution in [0.1, 0.15) is 19.4 Å². The van der Waals surface area contributed by atoms with E-state index in [1.165, 1.54) is 10.8 Å². The molecule has 2 rings (SSSR count). The van der Waals surface area contributed by atoms with Crippen LogP contribution in [0.3, 0.4) is 0 Å². The molecule has 2 aromatic rings. The van der Waals surface area contributed by atoms with Gasteiger partial charge in [0.15, 0.2) is 0 Å². The molecule has 0 aliphatic heterocycles. The molecule has 0 atom stereocenters. The third-order valence-corrected chi connectivity index (χ3v) is 3.20. The van der Waals surface area contributed by atoms with Crippen LogP contribution in [-0.4, -0.2) is 24.9 Å². The molecule has 0 saturated carbocycles. The molecular formula is C17H23NO2. The van der Waals surface area contributed by atoms with E-state index in [1.54, 1.807) is 0 Å². The van der Waals surface area contributed by atoms with Crippen LogP contribution >= 0.6 is 0 Å². The summed E-state index contributed by atoms with van der Waals surface area (Å²) in [5.41, 5.74) is 1.16. The van der Waals surface area contributed by atoms with Gasteiger partial charge >= 0.3 is 0 Å². The lowest BCUT2D eigenvalue weighted by molar-refractivity contribution is 0.200. The molecule has 0 fully saturated rings. The normalized spacial score (nSPS) is 11.2. The Kier molecular flexibility index (Phi) is 5.39. The molecule has 0 saturated heterocycles. The highest BCUT2D eigenvalue weighted by Crippen LogP contribution is 2.28. The average molecular weight is 273 g/mol. The van der Waals surface area contributed by atoms with Gasteiger partial charge in [0.2, 0.25) is 0 Å². The minimum absolute atomic E-state index is 0.0334. The summed E-state index contributed by atoms with van der Waals surface area (Å²) in [5, 5.41) is 14.8. The summed E-state index contributed by atoms with van der Waals surface area (Å²) >= 11 is 0. The number of hydrogen-bond acceptors (Lipinski definition) is 3. The van der Waals surface area contributed by atoms with Crippen LogP contribution in [-0.2, 0) is 6.54 Å². The molecule has 0 bridgehead atoms. The van der Waals surface area contributed by atoms with Crippen molar-refractivity contribution in [2.24, 2.45) is 5.92 Å². The van der Waals surface area contributed by atoms with E-state index in [2.05, 4.69) is 37.4 Å². The van der Waals surface area contributed by atoms with E-state index >= 15 is 0 Å². The van der Waals surface area contributed by atoms with E-state index in [1.807, 2.05) is 18.2 Å². The Morgan fingerprint density at radius 1 is 1.15 bits per heavy atom. The lowest BCUT2D eigenvalue weighted by atomic mass is 10.0. The second-order valence-corrected chi connectivity index (χ2v) is 5.36. The predicted octanol–water partition coefficient (Wildman–Crippen LogP) is 2.96. The molecule has 0 radical (unpaired) electrons. The van der Waals surface area contributed by atoms with Crippen molar-refractivity contribution in [1.29, 1.82) is 0 Å². The van der Waals surface area contributed by atoms with E-state index in [9.17, 15) is 0 Å². The number of fused-ring (bicyclic) bond motifs is 1. The standard InChI is InChI=1S/C17H23NO2/c1-13(2)11-18-12-16-15-6-4-3-5-14(15)7-8-17(16)20-10-9-19/h3-8,13,18-19H,9-12H2,1-2H3. The van der Waals surface area contributed by atoms with Gasteiger partial charge in [-0.2, -0.15) is 0 Å². The van der Waals surface area contributed by atoms with Crippen molar-refractivity contribution < 1.29 is 9.84 Å². The lowest BCUT2D eigenvalue weighted by Gasteiger charge is -2.15. The van der Waals surface area contributed by atoms with Crippen LogP contribution in [0, 0.1) is 5.92 Å². The number of rotatable bonds is 7. The SMILES string of the molecule is CC(C)CNCc1c(OCCO)ccc2ccccc12. The molecule has 3 nitrogen and oxygen atoms in total. The highest BCUT2D eigenvalue weighted by molar-refractivity contribution is 5.87. The molecule has 0 aromatic heterocycles. The Balaban J connectivity index is 2.29. The van der Waals surface area contributed by atoms with Crippen molar-refractivity contribution in [3.05, 3.63) is 42.0 Å². The first kappa shape index (κ1) is 14.8. The van der Waals surface area contributed by atoms with Gasteiger partial charge in [0.25, 0.3) is 0 Å². The molecule has 0 amide bonds. The summed E-state index contributed by atoms with van der Waals surface area (Å²) in [7, 11) is 0. The Bertz CT molecular complexity index is 552. The molecular weight excluding hydrogens is 250 g/mol. The van der Waals surface area contributed by atoms with Gasteiger partial charge in [-0.25, -0.2) is 0 Å². The van der Waals surface area contributed by atoms with Gasteiger partial charge in [0, 0.05) is 12.1 Å². The zero-order chi connectivity index (χ0) is 14.4. The number of hydrogen-bond donors (Lipinski definition) is 2. The van der Waals surface area contributed by atoms with Gasteiger partial charge < -0.3 is 15.2 Å². The van der Waals surface area contributed by atoms with E-state index in [4.69, 9.17) is 9.84 Å². The van der Waals surface area contributed by atoms with Crippen LogP contribution in [0.4, 0.5) is 0 Å². The Labute approximate surface area is 120 Å². The summed E-state index contributed by atoms with van der Waals surface area (Å²) in [4.78, 5) is 0. The monoisotopic (exact) mass is 273 g/mol. The summed E-state index contributed by atoms with van der Waals surface area (Å²) in [5.74, 6) is 1.47. The largest absolute Gasteiger partial charge is 0.491 e. The molecule has 2 N–H and O–H groups in total. The molecule has 20 heavy (non-hydrogen) atoms. The minimum Gasteiger partial charge on any atom is -0.491 e. The van der Waals surface area contributed by atoms with Gasteiger partial charge in [-0.05, 0) is 29.3 Å². The summed E-state index contributed by atoms with van der Waals surface area (Å²) in [6, 6.07) is 12.4. The number of ether oxygens (including phenoxy) is 1. The molecule has 0 unspecified atom stereocenters. The zero-order valence-electron chi connectivity index (χ0n) is 12.2. The van der Waals surface area contributed by atoms with Gasteiger partial charge in [-0.15, -0.1) is 0 Å². The van der Waals surface area contributed by atoms with Crippen LogP contribution in [0.15, 0.2) is 36.4 Å². The van der Waals surface area contributed by atoms with Crippen molar-refractivity contribution >= 4 is 10.8 Å². The fraction of sp³-hybridized carbons (Fsp3) is 0.412. The van der Waals surface area contributed by atoms with Crippen molar-refractivity contribution in [3.63, 3.8) is 0 Å². The second-order valence-electron chi connectivity index (χ2n) is 5.36. The summed E-state index contributed by atoms with van der Waals surface area (Å²) in [6.07, 6.45) is 0. The van der Waals surface area contributed by atoms with Gasteiger partial charge in [-0.3, -0.25) is 0 Å². The van der Waals surface area contributed by atoms with Crippen LogP contribution in [0.5, 0.6) is 5.75 Å². The fourth-order valence-corrected chi connectivity index (χ4v) is 2.27. The highest BCUT2D eigenvalue weighted by Gasteiger charge is 2.08. The molecule has 108 valence electrons. The lowest BCUT2D eigenvalue weighted by Crippen LogP contribution is -2.20. The molecule has 0 aliphatic rings. The van der Waals surface area contributed by atoms with E-state index in [-0.39, 0.29) is 6.61 Å². The van der Waals surface area contributed by atoms with Crippen molar-refractivity contribution in [3.8, 4) is 5.75 Å². The highest BCUT2D eigenvalue weighted by atomic mass is 16.5. The molecule has 2 aromatic carbocycles. The maximum Gasteiger partial charge on any atom is 0.124 e. The van der Waals surface area contributed by atoms with E-state index in [0.29, 0.717) is 12.5 Å². The first-order valence-corrected chi connectivity index (χ1v) is 7.17. The maximum atomic E-state index is 8.94. The third kappa shape index (κ3) is 3.71. The zero-order valence-corrected chi connectivity index (χ0v) is 12.2. The van der Waals surface area contributed by atoms with Gasteiger partial charge in [0.1, 0.15) is 12.4 Å². The maximum absolute atomic E-state index is 8.94. The topological polar surface area (TPSA) is 41.5 Å². The second kappa shape index (κ2) is 7.27. The van der Waals surface area contributed by atoms with Crippen molar-refractivity contribution in [2.75, 3.05) is 19.8 Å². The van der Waals surface area contributed by atoms with Gasteiger partial charge in [0.05, 0.1) is 6.61 Å². The van der Waals surface area contributed by atoms with E-state index < -0.39 is 0 Å². The van der Waals surface area contributed by atoms with Gasteiger partial charge in [-0.1, -0.05) is 44.2 Å². The number of benzene rings is 2. The fourth-order valence-electron chi connectivity index (χ4n) is 2.27. The Hall–Kier alpha value is -1.58. The van der Waals surface area contributed by atoms with Crippen molar-refractivity contribution in [1.82, 2.24) is 5.32 Å². The Morgan fingerprint density at radius 3 is 2.70 bits per heavy atom. The minimum atomic E-state index is 0.0334. The number of aliphatic hydroxyl groups excluding tert-OH is 1. The first-order valence-electron chi connectivity index (χ1n) is 7.17. The van der Waals surface area contributed by atoms with Crippen LogP contribution in [0.25, 0.3) is 10.8 Å². The molecule has 0 heterocycles. The van der Waals surface area contributed by atoms with Crippen LogP contribution in [0.2, 0.25) is 0 Å². The van der Waals surface area contributed by atoms with E-state index in [0.717, 1.165) is 24.4 Å². The van der Waals surface area contributed by atoms with Crippen LogP contribution < -0.4 is 10.1 Å². The molecule has 3 heteroatoms. The first-order chi connectivity index (χ1) is 9.72. The molecule has 0 spiro atoms. The van der Waals surface area contributed by atoms with Crippen molar-refractivity contribution in [2.45, 2.75) is 20.4 Å². The number of aliphatic hydroxyl groups is 1. The smallest absolute Gasteiger partial charge is 0.124 e. The summed E-state index contributed by atoms with van der Waals surface area (Å²) in [6.45, 7) is 6.50. The predicted molar refractivity (Wildman–Crippen MR) is 83.1 cm³/mol.